The number of urea groups is 1. The Morgan fingerprint density at radius 3 is 2.13 bits per heavy atom. The second-order valence-corrected chi connectivity index (χ2v) is 11.6. The fraction of sp³-hybridized carbons (Fsp3) is 0.375. The molecule has 14 heteroatoms. The van der Waals surface area contributed by atoms with Crippen molar-refractivity contribution in [3.63, 3.8) is 0 Å². The molecule has 0 unspecified atom stereocenters. The van der Waals surface area contributed by atoms with Crippen LogP contribution >= 0.6 is 0 Å². The summed E-state index contributed by atoms with van der Waals surface area (Å²) in [5.74, 6) is -4.61. The number of aromatic amines is 1. The fourth-order valence-electron chi connectivity index (χ4n) is 4.82. The zero-order valence-electron chi connectivity index (χ0n) is 26.2. The van der Waals surface area contributed by atoms with Gasteiger partial charge >= 0.3 is 12.0 Å². The van der Waals surface area contributed by atoms with E-state index in [1.165, 1.54) is 6.92 Å². The number of nitrogens with two attached hydrogens (primary N) is 1. The van der Waals surface area contributed by atoms with Crippen molar-refractivity contribution in [1.29, 1.82) is 0 Å². The Morgan fingerprint density at radius 1 is 0.826 bits per heavy atom. The van der Waals surface area contributed by atoms with Crippen LogP contribution in [0.4, 0.5) is 10.5 Å². The van der Waals surface area contributed by atoms with Crippen molar-refractivity contribution in [2.75, 3.05) is 5.32 Å². The van der Waals surface area contributed by atoms with Crippen molar-refractivity contribution in [3.8, 4) is 0 Å². The van der Waals surface area contributed by atoms with Gasteiger partial charge in [0.25, 0.3) is 0 Å². The maximum absolute atomic E-state index is 13.6. The summed E-state index contributed by atoms with van der Waals surface area (Å²) >= 11 is 0. The Hall–Kier alpha value is -5.40. The fourth-order valence-corrected chi connectivity index (χ4v) is 4.82. The summed E-state index contributed by atoms with van der Waals surface area (Å²) in [6.07, 6.45) is 1.11. The lowest BCUT2D eigenvalue weighted by Gasteiger charge is -2.26. The molecule has 0 spiro atoms. The summed E-state index contributed by atoms with van der Waals surface area (Å²) in [4.78, 5) is 78.9. The minimum atomic E-state index is -1.52. The third-order valence-electron chi connectivity index (χ3n) is 7.13. The van der Waals surface area contributed by atoms with E-state index in [0.717, 1.165) is 16.5 Å². The number of carboxylic acid groups (broad SMARTS) is 1. The highest BCUT2D eigenvalue weighted by Gasteiger charge is 2.31. The van der Waals surface area contributed by atoms with Gasteiger partial charge in [-0.1, -0.05) is 44.2 Å². The number of fused-ring (bicyclic) bond motifs is 1. The average molecular weight is 636 g/mol. The number of nitrogens with one attached hydrogen (secondary N) is 6. The maximum atomic E-state index is 13.6. The number of carbonyl (C=O) groups excluding carboxylic acids is 5. The SMILES string of the molecule is Cc1cccc(NC(=O)N[C@@H](C)C(=O)N[C@@H](CC(C)C)C(=O)N[C@@H](Cc2c[nH]c3ccccc23)C(=O)N[C@@H](CC(=O)O)C(N)=O)c1. The number of aryl methyl sites for hydroxylation is 1. The van der Waals surface area contributed by atoms with E-state index in [4.69, 9.17) is 5.73 Å². The molecule has 0 aliphatic carbocycles. The number of carbonyl (C=O) groups is 6. The number of aliphatic carboxylic acids is 1. The monoisotopic (exact) mass is 635 g/mol. The first-order valence-corrected chi connectivity index (χ1v) is 14.8. The van der Waals surface area contributed by atoms with Crippen LogP contribution in [0.2, 0.25) is 0 Å². The lowest BCUT2D eigenvalue weighted by Crippen LogP contribution is -2.58. The molecule has 4 atom stereocenters. The molecule has 246 valence electrons. The minimum Gasteiger partial charge on any atom is -0.481 e. The van der Waals surface area contributed by atoms with Crippen LogP contribution in [0.1, 0.15) is 44.7 Å². The number of hydrogen-bond acceptors (Lipinski definition) is 6. The molecule has 0 bridgehead atoms. The third-order valence-corrected chi connectivity index (χ3v) is 7.13. The van der Waals surface area contributed by atoms with Crippen molar-refractivity contribution >= 4 is 52.2 Å². The van der Waals surface area contributed by atoms with Gasteiger partial charge in [-0.15, -0.1) is 0 Å². The number of aromatic nitrogens is 1. The van der Waals surface area contributed by atoms with E-state index in [0.29, 0.717) is 11.3 Å². The molecule has 0 radical (unpaired) electrons. The molecule has 3 aromatic rings. The normalized spacial score (nSPS) is 13.6. The number of H-pyrrole nitrogens is 1. The van der Waals surface area contributed by atoms with Crippen molar-refractivity contribution in [2.24, 2.45) is 11.7 Å². The molecule has 0 saturated carbocycles. The van der Waals surface area contributed by atoms with E-state index < -0.39 is 66.2 Å². The van der Waals surface area contributed by atoms with Gasteiger partial charge in [0.1, 0.15) is 24.2 Å². The number of para-hydroxylation sites is 1. The van der Waals surface area contributed by atoms with Gasteiger partial charge in [0.05, 0.1) is 6.42 Å². The molecule has 3 rings (SSSR count). The molecular formula is C32H41N7O7. The van der Waals surface area contributed by atoms with Crippen molar-refractivity contribution in [3.05, 3.63) is 65.9 Å². The van der Waals surface area contributed by atoms with Gasteiger partial charge in [-0.05, 0) is 55.5 Å². The van der Waals surface area contributed by atoms with E-state index in [-0.39, 0.29) is 18.8 Å². The van der Waals surface area contributed by atoms with E-state index >= 15 is 0 Å². The number of anilines is 1. The standard InChI is InChI=1S/C32H41N7O7/c1-17(2)12-25(38-29(43)19(4)35-32(46)36-21-9-7-8-18(3)13-21)30(44)39-26(31(45)37-24(28(33)42)15-27(40)41)14-20-16-34-23-11-6-5-10-22(20)23/h5-11,13,16-17,19,24-26,34H,12,14-15H2,1-4H3,(H2,33,42)(H,37,45)(H,38,43)(H,39,44)(H,40,41)(H2,35,36,46)/t19-,24-,25-,26-/m0/s1. The predicted octanol–water partition coefficient (Wildman–Crippen LogP) is 1.69. The minimum absolute atomic E-state index is 0.0282. The summed E-state index contributed by atoms with van der Waals surface area (Å²) in [6.45, 7) is 7.04. The predicted molar refractivity (Wildman–Crippen MR) is 171 cm³/mol. The van der Waals surface area contributed by atoms with Crippen molar-refractivity contribution < 1.29 is 33.9 Å². The number of amides is 6. The average Bonchev–Trinajstić information content (AvgIpc) is 3.38. The summed E-state index contributed by atoms with van der Waals surface area (Å²) in [7, 11) is 0. The van der Waals surface area contributed by atoms with E-state index in [1.54, 1.807) is 24.4 Å². The number of rotatable bonds is 15. The second kappa shape index (κ2) is 16.1. The van der Waals surface area contributed by atoms with Gasteiger partial charge < -0.3 is 42.4 Å². The number of benzene rings is 2. The molecule has 0 aliphatic rings. The highest BCUT2D eigenvalue weighted by Crippen LogP contribution is 2.19. The topological polar surface area (TPSA) is 225 Å². The summed E-state index contributed by atoms with van der Waals surface area (Å²) < 4.78 is 0. The Bertz CT molecular complexity index is 1590. The number of hydrogen-bond donors (Lipinski definition) is 8. The zero-order chi connectivity index (χ0) is 34.0. The smallest absolute Gasteiger partial charge is 0.319 e. The lowest BCUT2D eigenvalue weighted by molar-refractivity contribution is -0.140. The largest absolute Gasteiger partial charge is 0.481 e. The van der Waals surface area contributed by atoms with Crippen molar-refractivity contribution in [2.45, 2.75) is 71.1 Å². The summed E-state index contributed by atoms with van der Waals surface area (Å²) in [5, 5.41) is 22.8. The molecular weight excluding hydrogens is 594 g/mol. The van der Waals surface area contributed by atoms with Crippen LogP contribution in [0, 0.1) is 12.8 Å². The highest BCUT2D eigenvalue weighted by molar-refractivity contribution is 5.97. The van der Waals surface area contributed by atoms with Gasteiger partial charge in [0, 0.05) is 29.2 Å². The Labute approximate surface area is 266 Å². The number of primary amides is 1. The van der Waals surface area contributed by atoms with Gasteiger partial charge in [-0.2, -0.15) is 0 Å². The van der Waals surface area contributed by atoms with Gasteiger partial charge in [0.15, 0.2) is 0 Å². The molecule has 46 heavy (non-hydrogen) atoms. The van der Waals surface area contributed by atoms with E-state index in [2.05, 4.69) is 31.6 Å². The zero-order valence-corrected chi connectivity index (χ0v) is 26.2. The maximum Gasteiger partial charge on any atom is 0.319 e. The molecule has 0 fully saturated rings. The van der Waals surface area contributed by atoms with Crippen LogP contribution in [0.25, 0.3) is 10.9 Å². The van der Waals surface area contributed by atoms with Crippen LogP contribution in [-0.4, -0.2) is 69.9 Å². The Morgan fingerprint density at radius 2 is 1.48 bits per heavy atom. The van der Waals surface area contributed by atoms with Crippen molar-refractivity contribution in [1.82, 2.24) is 26.3 Å². The third kappa shape index (κ3) is 10.4. The van der Waals surface area contributed by atoms with Gasteiger partial charge in [0.2, 0.25) is 23.6 Å². The van der Waals surface area contributed by atoms with Crippen LogP contribution in [0.15, 0.2) is 54.7 Å². The van der Waals surface area contributed by atoms with E-state index in [9.17, 15) is 33.9 Å². The molecule has 14 nitrogen and oxygen atoms in total. The number of carboxylic acids is 1. The Kier molecular flexibility index (Phi) is 12.3. The highest BCUT2D eigenvalue weighted by atomic mass is 16.4. The molecule has 1 heterocycles. The molecule has 1 aromatic heterocycles. The molecule has 6 amide bonds. The van der Waals surface area contributed by atoms with Gasteiger partial charge in [-0.25, -0.2) is 4.79 Å². The van der Waals surface area contributed by atoms with Crippen LogP contribution < -0.4 is 32.3 Å². The van der Waals surface area contributed by atoms with Crippen LogP contribution in [0.3, 0.4) is 0 Å². The first-order chi connectivity index (χ1) is 21.7. The first-order valence-electron chi connectivity index (χ1n) is 14.8. The molecule has 9 N–H and O–H groups in total. The lowest BCUT2D eigenvalue weighted by atomic mass is 10.00. The quantitative estimate of drug-likeness (QED) is 0.123. The Balaban J connectivity index is 1.77. The first kappa shape index (κ1) is 35.1. The summed E-state index contributed by atoms with van der Waals surface area (Å²) in [6, 6.07) is 8.92. The molecule has 0 saturated heterocycles. The van der Waals surface area contributed by atoms with Crippen LogP contribution in [-0.2, 0) is 30.4 Å². The van der Waals surface area contributed by atoms with Gasteiger partial charge in [-0.3, -0.25) is 24.0 Å². The summed E-state index contributed by atoms with van der Waals surface area (Å²) in [5.41, 5.74) is 8.28. The second-order valence-electron chi connectivity index (χ2n) is 11.6. The van der Waals surface area contributed by atoms with Crippen LogP contribution in [0.5, 0.6) is 0 Å². The molecule has 0 aliphatic heterocycles. The van der Waals surface area contributed by atoms with E-state index in [1.807, 2.05) is 51.1 Å². The molecule has 2 aromatic carbocycles.